The number of nitrogens with zero attached hydrogens (tertiary/aromatic N) is 1. The average molecular weight is 257 g/mol. The van der Waals surface area contributed by atoms with E-state index in [0.717, 1.165) is 17.4 Å². The Balaban J connectivity index is 1.69. The predicted octanol–water partition coefficient (Wildman–Crippen LogP) is 4.19. The first-order valence-corrected chi connectivity index (χ1v) is 7.42. The molecule has 3 rings (SSSR count). The molecule has 102 valence electrons. The molecule has 1 aromatic heterocycles. The largest absolute Gasteiger partial charge is 0.382 e. The molecule has 1 saturated carbocycles. The summed E-state index contributed by atoms with van der Waals surface area (Å²) >= 11 is 0. The van der Waals surface area contributed by atoms with Crippen LogP contribution in [0.4, 0.5) is 5.69 Å². The summed E-state index contributed by atoms with van der Waals surface area (Å²) in [6, 6.07) is 7.08. The van der Waals surface area contributed by atoms with E-state index in [9.17, 15) is 0 Å². The molecule has 1 heterocycles. The minimum atomic E-state index is 0.630. The highest BCUT2D eigenvalue weighted by molar-refractivity contribution is 5.81. The van der Waals surface area contributed by atoms with Gasteiger partial charge in [0.2, 0.25) is 0 Å². The van der Waals surface area contributed by atoms with Gasteiger partial charge in [0.05, 0.1) is 11.7 Å². The van der Waals surface area contributed by atoms with E-state index < -0.39 is 0 Å². The van der Waals surface area contributed by atoms with E-state index in [1.807, 2.05) is 6.20 Å². The molecule has 0 spiro atoms. The molecule has 0 radical (unpaired) electrons. The summed E-state index contributed by atoms with van der Waals surface area (Å²) in [6.45, 7) is 4.70. The molecule has 1 aliphatic rings. The zero-order chi connectivity index (χ0) is 13.2. The fraction of sp³-hybridized carbons (Fsp3) is 0.562. The molecule has 1 fully saturated rings. The summed E-state index contributed by atoms with van der Waals surface area (Å²) in [7, 11) is 0. The Morgan fingerprint density at radius 3 is 3.05 bits per heavy atom. The number of aromatic amines is 1. The number of benzene rings is 1. The summed E-state index contributed by atoms with van der Waals surface area (Å²) in [5.41, 5.74) is 2.33. The van der Waals surface area contributed by atoms with Crippen molar-refractivity contribution in [1.82, 2.24) is 10.2 Å². The van der Waals surface area contributed by atoms with Crippen molar-refractivity contribution in [2.24, 2.45) is 11.8 Å². The number of hydrogen-bond acceptors (Lipinski definition) is 2. The van der Waals surface area contributed by atoms with Crippen LogP contribution in [0.3, 0.4) is 0 Å². The fourth-order valence-corrected chi connectivity index (χ4v) is 3.23. The van der Waals surface area contributed by atoms with Gasteiger partial charge in [-0.05, 0) is 42.9 Å². The van der Waals surface area contributed by atoms with E-state index in [4.69, 9.17) is 0 Å². The summed E-state index contributed by atoms with van der Waals surface area (Å²) in [5, 5.41) is 12.0. The molecule has 1 aromatic carbocycles. The van der Waals surface area contributed by atoms with Crippen LogP contribution in [-0.2, 0) is 0 Å². The van der Waals surface area contributed by atoms with Crippen molar-refractivity contribution in [2.75, 3.05) is 5.32 Å². The molecular weight excluding hydrogens is 234 g/mol. The molecule has 19 heavy (non-hydrogen) atoms. The number of H-pyrrole nitrogens is 1. The van der Waals surface area contributed by atoms with Crippen molar-refractivity contribution in [1.29, 1.82) is 0 Å². The Labute approximate surface area is 114 Å². The lowest BCUT2D eigenvalue weighted by Gasteiger charge is -2.32. The van der Waals surface area contributed by atoms with Gasteiger partial charge in [-0.2, -0.15) is 5.10 Å². The lowest BCUT2D eigenvalue weighted by molar-refractivity contribution is 0.264. The zero-order valence-electron chi connectivity index (χ0n) is 11.8. The quantitative estimate of drug-likeness (QED) is 0.865. The molecule has 2 aromatic rings. The number of hydrogen-bond donors (Lipinski definition) is 2. The van der Waals surface area contributed by atoms with Crippen molar-refractivity contribution in [3.05, 3.63) is 24.4 Å². The van der Waals surface area contributed by atoms with Crippen LogP contribution in [0.25, 0.3) is 10.9 Å². The van der Waals surface area contributed by atoms with Gasteiger partial charge in [-0.25, -0.2) is 0 Å². The van der Waals surface area contributed by atoms with Gasteiger partial charge in [0.1, 0.15) is 0 Å². The number of rotatable bonds is 3. The van der Waals surface area contributed by atoms with Gasteiger partial charge in [0.25, 0.3) is 0 Å². The number of nitrogens with one attached hydrogen (secondary N) is 2. The summed E-state index contributed by atoms with van der Waals surface area (Å²) in [5.74, 6) is 1.69. The van der Waals surface area contributed by atoms with Crippen LogP contribution in [0.5, 0.6) is 0 Å². The number of anilines is 1. The van der Waals surface area contributed by atoms with Gasteiger partial charge in [0, 0.05) is 17.1 Å². The van der Waals surface area contributed by atoms with Crippen molar-refractivity contribution in [2.45, 2.75) is 45.6 Å². The van der Waals surface area contributed by atoms with Crippen LogP contribution in [0.1, 0.15) is 39.5 Å². The van der Waals surface area contributed by atoms with Crippen molar-refractivity contribution in [3.63, 3.8) is 0 Å². The molecule has 3 nitrogen and oxygen atoms in total. The monoisotopic (exact) mass is 257 g/mol. The Kier molecular flexibility index (Phi) is 3.45. The maximum Gasteiger partial charge on any atom is 0.0651 e. The normalized spacial score (nSPS) is 23.9. The molecule has 2 unspecified atom stereocenters. The van der Waals surface area contributed by atoms with E-state index >= 15 is 0 Å². The smallest absolute Gasteiger partial charge is 0.0651 e. The van der Waals surface area contributed by atoms with Gasteiger partial charge >= 0.3 is 0 Å². The van der Waals surface area contributed by atoms with Gasteiger partial charge in [-0.3, -0.25) is 5.10 Å². The Hall–Kier alpha value is -1.51. The maximum absolute atomic E-state index is 4.07. The third kappa shape index (κ3) is 2.75. The molecule has 0 saturated heterocycles. The number of aromatic nitrogens is 2. The average Bonchev–Trinajstić information content (AvgIpc) is 2.86. The standard InChI is InChI=1S/C16H23N3/c1-11(2)12-4-3-5-14(8-12)18-15-6-7-16-13(9-15)10-17-19-16/h6-7,9-12,14,18H,3-5,8H2,1-2H3,(H,17,19). The second kappa shape index (κ2) is 5.24. The molecule has 0 amide bonds. The van der Waals surface area contributed by atoms with Crippen LogP contribution < -0.4 is 5.32 Å². The maximum atomic E-state index is 4.07. The Bertz CT molecular complexity index is 544. The molecule has 0 aliphatic heterocycles. The van der Waals surface area contributed by atoms with Crippen molar-refractivity contribution < 1.29 is 0 Å². The summed E-state index contributed by atoms with van der Waals surface area (Å²) in [4.78, 5) is 0. The highest BCUT2D eigenvalue weighted by Gasteiger charge is 2.23. The first kappa shape index (κ1) is 12.5. The second-order valence-corrected chi connectivity index (χ2v) is 6.18. The van der Waals surface area contributed by atoms with Crippen LogP contribution >= 0.6 is 0 Å². The molecule has 2 N–H and O–H groups in total. The minimum absolute atomic E-state index is 0.630. The van der Waals surface area contributed by atoms with Crippen molar-refractivity contribution in [3.8, 4) is 0 Å². The molecular formula is C16H23N3. The third-order valence-electron chi connectivity index (χ3n) is 4.47. The lowest BCUT2D eigenvalue weighted by atomic mass is 9.79. The van der Waals surface area contributed by atoms with Crippen LogP contribution in [0.15, 0.2) is 24.4 Å². The van der Waals surface area contributed by atoms with Crippen LogP contribution in [0, 0.1) is 11.8 Å². The van der Waals surface area contributed by atoms with E-state index in [-0.39, 0.29) is 0 Å². The molecule has 1 aliphatic carbocycles. The SMILES string of the molecule is CC(C)C1CCCC(Nc2ccc3[nH]ncc3c2)C1. The predicted molar refractivity (Wildman–Crippen MR) is 80.3 cm³/mol. The van der Waals surface area contributed by atoms with E-state index in [1.54, 1.807) is 0 Å². The molecule has 2 atom stereocenters. The highest BCUT2D eigenvalue weighted by atomic mass is 15.1. The summed E-state index contributed by atoms with van der Waals surface area (Å²) in [6.07, 6.45) is 7.25. The van der Waals surface area contributed by atoms with Gasteiger partial charge in [-0.15, -0.1) is 0 Å². The third-order valence-corrected chi connectivity index (χ3v) is 4.47. The van der Waals surface area contributed by atoms with Crippen LogP contribution in [0.2, 0.25) is 0 Å². The first-order chi connectivity index (χ1) is 9.22. The van der Waals surface area contributed by atoms with E-state index in [1.165, 1.54) is 36.8 Å². The second-order valence-electron chi connectivity index (χ2n) is 6.18. The zero-order valence-corrected chi connectivity index (χ0v) is 11.8. The highest BCUT2D eigenvalue weighted by Crippen LogP contribution is 2.31. The summed E-state index contributed by atoms with van der Waals surface area (Å²) < 4.78 is 0. The minimum Gasteiger partial charge on any atom is -0.382 e. The Morgan fingerprint density at radius 1 is 1.32 bits per heavy atom. The number of fused-ring (bicyclic) bond motifs is 1. The van der Waals surface area contributed by atoms with Crippen LogP contribution in [-0.4, -0.2) is 16.2 Å². The molecule has 3 heteroatoms. The molecule has 0 bridgehead atoms. The van der Waals surface area contributed by atoms with Gasteiger partial charge in [0.15, 0.2) is 0 Å². The fourth-order valence-electron chi connectivity index (χ4n) is 3.23. The van der Waals surface area contributed by atoms with Gasteiger partial charge in [-0.1, -0.05) is 26.7 Å². The van der Waals surface area contributed by atoms with E-state index in [0.29, 0.717) is 6.04 Å². The van der Waals surface area contributed by atoms with Crippen molar-refractivity contribution >= 4 is 16.6 Å². The topological polar surface area (TPSA) is 40.7 Å². The first-order valence-electron chi connectivity index (χ1n) is 7.42. The lowest BCUT2D eigenvalue weighted by Crippen LogP contribution is -2.29. The Morgan fingerprint density at radius 2 is 2.21 bits per heavy atom. The van der Waals surface area contributed by atoms with E-state index in [2.05, 4.69) is 47.6 Å². The van der Waals surface area contributed by atoms with Gasteiger partial charge < -0.3 is 5.32 Å².